The van der Waals surface area contributed by atoms with E-state index >= 15 is 0 Å². The van der Waals surface area contributed by atoms with Crippen LogP contribution in [0.15, 0.2) is 24.3 Å². The largest absolute Gasteiger partial charge is 0.377 e. The molecule has 1 heterocycles. The van der Waals surface area contributed by atoms with E-state index < -0.39 is 6.08 Å². The summed E-state index contributed by atoms with van der Waals surface area (Å²) in [6.07, 6.45) is 29.3. The maximum Gasteiger partial charge on any atom is 0.266 e. The Labute approximate surface area is 209 Å². The van der Waals surface area contributed by atoms with Crippen LogP contribution in [0.1, 0.15) is 129 Å². The molecule has 0 aromatic carbocycles. The highest BCUT2D eigenvalue weighted by Crippen LogP contribution is 2.39. The standard InChI is InChI=1S/C31H52F2O/c1-2-3-4-12-28-20-23-30(34-24-28)29-21-18-27(19-22-29)10-6-5-9-25-14-16-26(17-15-25)11-7-8-13-31(32)33/h4,12-13,25-30H,2-3,5-11,14-24H2,1H3. The molecule has 0 radical (unpaired) electrons. The van der Waals surface area contributed by atoms with Crippen LogP contribution < -0.4 is 0 Å². The minimum atomic E-state index is -1.51. The molecule has 3 heteroatoms. The van der Waals surface area contributed by atoms with E-state index in [1.165, 1.54) is 103 Å². The lowest BCUT2D eigenvalue weighted by atomic mass is 9.75. The van der Waals surface area contributed by atoms with Crippen LogP contribution in [0.5, 0.6) is 0 Å². The van der Waals surface area contributed by atoms with Gasteiger partial charge in [-0.05, 0) is 74.7 Å². The van der Waals surface area contributed by atoms with Gasteiger partial charge < -0.3 is 4.74 Å². The summed E-state index contributed by atoms with van der Waals surface area (Å²) in [4.78, 5) is 0. The fourth-order valence-electron chi connectivity index (χ4n) is 6.91. The molecule has 0 spiro atoms. The number of hydrogen-bond donors (Lipinski definition) is 0. The summed E-state index contributed by atoms with van der Waals surface area (Å²) in [5, 5.41) is 0. The second-order valence-electron chi connectivity index (χ2n) is 11.8. The highest BCUT2D eigenvalue weighted by Gasteiger charge is 2.31. The third kappa shape index (κ3) is 10.5. The first kappa shape index (κ1) is 27.9. The Balaban J connectivity index is 1.18. The van der Waals surface area contributed by atoms with Crippen LogP contribution in [-0.4, -0.2) is 12.7 Å². The van der Waals surface area contributed by atoms with Crippen molar-refractivity contribution in [2.45, 2.75) is 135 Å². The summed E-state index contributed by atoms with van der Waals surface area (Å²) < 4.78 is 30.6. The number of allylic oxidation sites excluding steroid dienone is 2. The summed E-state index contributed by atoms with van der Waals surface area (Å²) in [5.41, 5.74) is 0. The molecule has 2 aliphatic carbocycles. The van der Waals surface area contributed by atoms with E-state index in [0.29, 0.717) is 18.4 Å². The molecule has 1 nitrogen and oxygen atoms in total. The van der Waals surface area contributed by atoms with Crippen LogP contribution in [-0.2, 0) is 4.74 Å². The van der Waals surface area contributed by atoms with Gasteiger partial charge in [0.1, 0.15) is 0 Å². The van der Waals surface area contributed by atoms with Crippen LogP contribution in [0, 0.1) is 29.6 Å². The molecular weight excluding hydrogens is 426 g/mol. The molecule has 3 fully saturated rings. The van der Waals surface area contributed by atoms with E-state index in [2.05, 4.69) is 19.1 Å². The van der Waals surface area contributed by atoms with Crippen LogP contribution in [0.3, 0.4) is 0 Å². The Bertz CT molecular complexity index is 572. The maximum absolute atomic E-state index is 12.1. The van der Waals surface area contributed by atoms with Crippen molar-refractivity contribution in [3.63, 3.8) is 0 Å². The molecule has 0 N–H and O–H groups in total. The molecule has 2 saturated carbocycles. The quantitative estimate of drug-likeness (QED) is 0.189. The minimum Gasteiger partial charge on any atom is -0.377 e. The molecule has 3 rings (SSSR count). The van der Waals surface area contributed by atoms with Gasteiger partial charge in [-0.2, -0.15) is 8.78 Å². The minimum absolute atomic E-state index is 0.535. The second-order valence-corrected chi connectivity index (χ2v) is 11.8. The molecule has 1 aliphatic heterocycles. The van der Waals surface area contributed by atoms with E-state index in [0.717, 1.165) is 49.2 Å². The monoisotopic (exact) mass is 478 g/mol. The van der Waals surface area contributed by atoms with Crippen LogP contribution >= 0.6 is 0 Å². The molecule has 2 atom stereocenters. The predicted molar refractivity (Wildman–Crippen MR) is 140 cm³/mol. The highest BCUT2D eigenvalue weighted by atomic mass is 19.3. The summed E-state index contributed by atoms with van der Waals surface area (Å²) in [7, 11) is 0. The van der Waals surface area contributed by atoms with Gasteiger partial charge in [-0.15, -0.1) is 0 Å². The van der Waals surface area contributed by atoms with Crippen molar-refractivity contribution < 1.29 is 13.5 Å². The molecule has 0 aromatic heterocycles. The van der Waals surface area contributed by atoms with Gasteiger partial charge in [-0.3, -0.25) is 0 Å². The zero-order valence-electron chi connectivity index (χ0n) is 22.0. The predicted octanol–water partition coefficient (Wildman–Crippen LogP) is 10.3. The van der Waals surface area contributed by atoms with Gasteiger partial charge in [0.2, 0.25) is 0 Å². The molecule has 0 aromatic rings. The number of hydrogen-bond acceptors (Lipinski definition) is 1. The Hall–Kier alpha value is -0.700. The Morgan fingerprint density at radius 2 is 1.32 bits per heavy atom. The SMILES string of the molecule is CCCC=CC1CCC(C2CCC(CCCCC3CCC(CCCC=C(F)F)CC3)CC2)OC1. The zero-order valence-corrected chi connectivity index (χ0v) is 22.0. The smallest absolute Gasteiger partial charge is 0.266 e. The molecule has 196 valence electrons. The Morgan fingerprint density at radius 1 is 0.735 bits per heavy atom. The number of ether oxygens (including phenoxy) is 1. The first-order valence-corrected chi connectivity index (χ1v) is 14.9. The van der Waals surface area contributed by atoms with Crippen molar-refractivity contribution in [1.29, 1.82) is 0 Å². The topological polar surface area (TPSA) is 9.23 Å². The van der Waals surface area contributed by atoms with Crippen LogP contribution in [0.4, 0.5) is 8.78 Å². The van der Waals surface area contributed by atoms with Crippen molar-refractivity contribution in [2.75, 3.05) is 6.61 Å². The third-order valence-corrected chi connectivity index (χ3v) is 9.18. The van der Waals surface area contributed by atoms with Gasteiger partial charge in [0, 0.05) is 5.92 Å². The van der Waals surface area contributed by atoms with E-state index in [9.17, 15) is 8.78 Å². The van der Waals surface area contributed by atoms with Crippen molar-refractivity contribution in [3.05, 3.63) is 24.3 Å². The Morgan fingerprint density at radius 3 is 1.85 bits per heavy atom. The molecule has 1 saturated heterocycles. The van der Waals surface area contributed by atoms with Gasteiger partial charge in [-0.1, -0.05) is 96.1 Å². The average molecular weight is 479 g/mol. The second kappa shape index (κ2) is 16.1. The van der Waals surface area contributed by atoms with Gasteiger partial charge in [0.25, 0.3) is 6.08 Å². The lowest BCUT2D eigenvalue weighted by Crippen LogP contribution is -2.33. The van der Waals surface area contributed by atoms with Crippen LogP contribution in [0.2, 0.25) is 0 Å². The van der Waals surface area contributed by atoms with Crippen molar-refractivity contribution in [2.24, 2.45) is 29.6 Å². The van der Waals surface area contributed by atoms with Gasteiger partial charge in [-0.25, -0.2) is 0 Å². The molecule has 3 aliphatic rings. The summed E-state index contributed by atoms with van der Waals surface area (Å²) in [6, 6.07) is 0. The van der Waals surface area contributed by atoms with Crippen LogP contribution in [0.25, 0.3) is 0 Å². The lowest BCUT2D eigenvalue weighted by Gasteiger charge is -2.37. The fraction of sp³-hybridized carbons (Fsp3) is 0.871. The first-order chi connectivity index (χ1) is 16.6. The van der Waals surface area contributed by atoms with Gasteiger partial charge in [0.15, 0.2) is 0 Å². The van der Waals surface area contributed by atoms with E-state index in [1.807, 2.05) is 0 Å². The number of unbranched alkanes of at least 4 members (excludes halogenated alkanes) is 3. The highest BCUT2D eigenvalue weighted by molar-refractivity contribution is 4.92. The summed E-state index contributed by atoms with van der Waals surface area (Å²) in [6.45, 7) is 3.19. The first-order valence-electron chi connectivity index (χ1n) is 14.9. The molecule has 0 amide bonds. The van der Waals surface area contributed by atoms with E-state index in [4.69, 9.17) is 4.74 Å². The molecule has 0 bridgehead atoms. The molecular formula is C31H52F2O. The maximum atomic E-state index is 12.1. The lowest BCUT2D eigenvalue weighted by molar-refractivity contribution is -0.0494. The summed E-state index contributed by atoms with van der Waals surface area (Å²) >= 11 is 0. The Kier molecular flexibility index (Phi) is 13.2. The molecule has 34 heavy (non-hydrogen) atoms. The van der Waals surface area contributed by atoms with Gasteiger partial charge >= 0.3 is 0 Å². The fourth-order valence-corrected chi connectivity index (χ4v) is 6.91. The zero-order chi connectivity index (χ0) is 24.0. The third-order valence-electron chi connectivity index (χ3n) is 9.18. The van der Waals surface area contributed by atoms with Gasteiger partial charge in [0.05, 0.1) is 12.7 Å². The van der Waals surface area contributed by atoms with Crippen molar-refractivity contribution in [1.82, 2.24) is 0 Å². The number of halogens is 2. The molecule has 2 unspecified atom stereocenters. The van der Waals surface area contributed by atoms with Crippen molar-refractivity contribution >= 4 is 0 Å². The summed E-state index contributed by atoms with van der Waals surface area (Å²) in [5.74, 6) is 4.16. The van der Waals surface area contributed by atoms with Crippen molar-refractivity contribution in [3.8, 4) is 0 Å². The normalized spacial score (nSPS) is 32.7. The van der Waals surface area contributed by atoms with E-state index in [-0.39, 0.29) is 0 Å². The van der Waals surface area contributed by atoms with E-state index in [1.54, 1.807) is 0 Å². The average Bonchev–Trinajstić information content (AvgIpc) is 2.86. The number of rotatable bonds is 13.